The Morgan fingerprint density at radius 2 is 1.91 bits per heavy atom. The maximum absolute atomic E-state index is 5.98. The second-order valence-corrected chi connectivity index (χ2v) is 6.24. The van der Waals surface area contributed by atoms with Crippen LogP contribution in [-0.4, -0.2) is 32.3 Å². The molecule has 22 heavy (non-hydrogen) atoms. The summed E-state index contributed by atoms with van der Waals surface area (Å²) >= 11 is 0. The second kappa shape index (κ2) is 5.65. The minimum Gasteiger partial charge on any atom is -0.491 e. The van der Waals surface area contributed by atoms with Crippen molar-refractivity contribution in [2.75, 3.05) is 31.1 Å². The van der Waals surface area contributed by atoms with Crippen molar-refractivity contribution in [3.63, 3.8) is 0 Å². The number of hydrogen-bond acceptors (Lipinski definition) is 3. The maximum Gasteiger partial charge on any atom is 0.142 e. The van der Waals surface area contributed by atoms with Crippen LogP contribution in [-0.2, 0) is 0 Å². The van der Waals surface area contributed by atoms with Gasteiger partial charge in [0.05, 0.1) is 12.3 Å². The van der Waals surface area contributed by atoms with Crippen LogP contribution < -0.4 is 15.0 Å². The molecule has 0 radical (unpaired) electrons. The summed E-state index contributed by atoms with van der Waals surface area (Å²) in [5.41, 5.74) is 5.08. The summed E-state index contributed by atoms with van der Waals surface area (Å²) < 4.78 is 5.98. The van der Waals surface area contributed by atoms with E-state index < -0.39 is 0 Å². The molecule has 2 heterocycles. The Hall–Kier alpha value is -2.00. The highest BCUT2D eigenvalue weighted by atomic mass is 16.5. The molecule has 2 aliphatic rings. The number of aryl methyl sites for hydroxylation is 1. The molecular weight excluding hydrogens is 272 g/mol. The first-order valence-electron chi connectivity index (χ1n) is 8.12. The largest absolute Gasteiger partial charge is 0.491 e. The molecule has 0 amide bonds. The summed E-state index contributed by atoms with van der Waals surface area (Å²) in [6.07, 6.45) is 1.08. The zero-order chi connectivity index (χ0) is 14.9. The summed E-state index contributed by atoms with van der Waals surface area (Å²) in [5, 5.41) is 3.50. The lowest BCUT2D eigenvalue weighted by Gasteiger charge is -2.36. The first-order chi connectivity index (χ1) is 10.8. The molecule has 0 bridgehead atoms. The molecule has 4 rings (SSSR count). The lowest BCUT2D eigenvalue weighted by atomic mass is 10.0. The number of fused-ring (bicyclic) bond motifs is 3. The van der Waals surface area contributed by atoms with Gasteiger partial charge in [0, 0.05) is 32.1 Å². The Labute approximate surface area is 131 Å². The molecule has 1 fully saturated rings. The second-order valence-electron chi connectivity index (χ2n) is 6.24. The van der Waals surface area contributed by atoms with E-state index in [2.05, 4.69) is 59.6 Å². The number of anilines is 1. The van der Waals surface area contributed by atoms with Gasteiger partial charge < -0.3 is 15.0 Å². The highest BCUT2D eigenvalue weighted by Crippen LogP contribution is 2.37. The molecule has 2 aliphatic heterocycles. The van der Waals surface area contributed by atoms with Gasteiger partial charge in [0.2, 0.25) is 0 Å². The Balaban J connectivity index is 1.75. The van der Waals surface area contributed by atoms with Crippen molar-refractivity contribution in [2.45, 2.75) is 19.4 Å². The number of rotatable bonds is 1. The number of benzene rings is 2. The normalized spacial score (nSPS) is 20.6. The highest BCUT2D eigenvalue weighted by molar-refractivity contribution is 5.73. The first-order valence-corrected chi connectivity index (χ1v) is 8.12. The van der Waals surface area contributed by atoms with E-state index in [1.54, 1.807) is 0 Å². The lowest BCUT2D eigenvalue weighted by Crippen LogP contribution is -2.51. The van der Waals surface area contributed by atoms with Gasteiger partial charge in [-0.05, 0) is 30.2 Å². The number of hydrogen-bond donors (Lipinski definition) is 1. The Morgan fingerprint density at radius 1 is 1.09 bits per heavy atom. The summed E-state index contributed by atoms with van der Waals surface area (Å²) in [6.45, 7) is 6.08. The number of piperazine rings is 1. The molecular formula is C19H22N2O. The Morgan fingerprint density at radius 3 is 2.77 bits per heavy atom. The van der Waals surface area contributed by atoms with Crippen LogP contribution >= 0.6 is 0 Å². The number of ether oxygens (including phenoxy) is 1. The van der Waals surface area contributed by atoms with Crippen LogP contribution in [0.25, 0.3) is 11.1 Å². The van der Waals surface area contributed by atoms with Crippen molar-refractivity contribution < 1.29 is 4.74 Å². The van der Waals surface area contributed by atoms with Gasteiger partial charge in [0.1, 0.15) is 5.75 Å². The summed E-state index contributed by atoms with van der Waals surface area (Å²) in [7, 11) is 0. The fourth-order valence-electron chi connectivity index (χ4n) is 3.43. The van der Waals surface area contributed by atoms with Crippen LogP contribution in [0.5, 0.6) is 5.75 Å². The zero-order valence-corrected chi connectivity index (χ0v) is 13.0. The monoisotopic (exact) mass is 294 g/mol. The van der Waals surface area contributed by atoms with E-state index >= 15 is 0 Å². The fourth-order valence-corrected chi connectivity index (χ4v) is 3.43. The molecule has 1 atom stereocenters. The van der Waals surface area contributed by atoms with Crippen LogP contribution in [0.3, 0.4) is 0 Å². The Kier molecular flexibility index (Phi) is 3.51. The lowest BCUT2D eigenvalue weighted by molar-refractivity contribution is 0.304. The van der Waals surface area contributed by atoms with Gasteiger partial charge in [-0.2, -0.15) is 0 Å². The van der Waals surface area contributed by atoms with Gasteiger partial charge >= 0.3 is 0 Å². The summed E-state index contributed by atoms with van der Waals surface area (Å²) in [5.74, 6) is 1.03. The van der Waals surface area contributed by atoms with E-state index in [4.69, 9.17) is 4.74 Å². The van der Waals surface area contributed by atoms with Crippen LogP contribution in [0, 0.1) is 6.92 Å². The van der Waals surface area contributed by atoms with Gasteiger partial charge in [-0.1, -0.05) is 35.9 Å². The van der Waals surface area contributed by atoms with Gasteiger partial charge in [-0.15, -0.1) is 0 Å². The van der Waals surface area contributed by atoms with E-state index in [0.717, 1.165) is 38.4 Å². The number of nitrogens with zero attached hydrogens (tertiary/aromatic N) is 1. The third-order valence-corrected chi connectivity index (χ3v) is 4.71. The molecule has 1 saturated heterocycles. The van der Waals surface area contributed by atoms with Crippen LogP contribution in [0.1, 0.15) is 12.0 Å². The van der Waals surface area contributed by atoms with Gasteiger partial charge in [-0.25, -0.2) is 0 Å². The van der Waals surface area contributed by atoms with Crippen molar-refractivity contribution in [1.29, 1.82) is 0 Å². The minimum absolute atomic E-state index is 0.545. The standard InChI is InChI=1S/C19H22N2O/c1-14-2-4-15(5-3-14)16-6-7-19-18(12-16)21-10-9-20-13-17(21)8-11-22-19/h2-7,12,17,20H,8-11,13H2,1H3/t17-/m0/s1. The predicted octanol–water partition coefficient (Wildman–Crippen LogP) is 3.22. The first kappa shape index (κ1) is 13.6. The third-order valence-electron chi connectivity index (χ3n) is 4.71. The van der Waals surface area contributed by atoms with Crippen molar-refractivity contribution in [1.82, 2.24) is 5.32 Å². The van der Waals surface area contributed by atoms with Crippen molar-refractivity contribution in [3.05, 3.63) is 48.0 Å². The predicted molar refractivity (Wildman–Crippen MR) is 90.7 cm³/mol. The zero-order valence-electron chi connectivity index (χ0n) is 13.0. The van der Waals surface area contributed by atoms with E-state index in [1.165, 1.54) is 22.4 Å². The van der Waals surface area contributed by atoms with Crippen molar-refractivity contribution in [2.24, 2.45) is 0 Å². The molecule has 0 spiro atoms. The molecule has 114 valence electrons. The van der Waals surface area contributed by atoms with Crippen molar-refractivity contribution >= 4 is 5.69 Å². The molecule has 3 heteroatoms. The van der Waals surface area contributed by atoms with Gasteiger partial charge in [0.25, 0.3) is 0 Å². The fraction of sp³-hybridized carbons (Fsp3) is 0.368. The van der Waals surface area contributed by atoms with Crippen LogP contribution in [0.4, 0.5) is 5.69 Å². The molecule has 0 saturated carbocycles. The molecule has 2 aromatic rings. The van der Waals surface area contributed by atoms with E-state index in [-0.39, 0.29) is 0 Å². The van der Waals surface area contributed by atoms with E-state index in [1.807, 2.05) is 0 Å². The quantitative estimate of drug-likeness (QED) is 0.874. The molecule has 0 unspecified atom stereocenters. The molecule has 0 aliphatic carbocycles. The topological polar surface area (TPSA) is 24.5 Å². The summed E-state index contributed by atoms with van der Waals surface area (Å²) in [6, 6.07) is 15.9. The molecule has 0 aromatic heterocycles. The molecule has 2 aromatic carbocycles. The average Bonchev–Trinajstić information content (AvgIpc) is 2.74. The SMILES string of the molecule is Cc1ccc(-c2ccc3c(c2)N2CCNC[C@@H]2CCO3)cc1. The maximum atomic E-state index is 5.98. The number of nitrogens with one attached hydrogen (secondary N) is 1. The summed E-state index contributed by atoms with van der Waals surface area (Å²) in [4.78, 5) is 2.52. The van der Waals surface area contributed by atoms with Crippen molar-refractivity contribution in [3.8, 4) is 16.9 Å². The third kappa shape index (κ3) is 2.46. The van der Waals surface area contributed by atoms with Gasteiger partial charge in [0.15, 0.2) is 0 Å². The smallest absolute Gasteiger partial charge is 0.142 e. The minimum atomic E-state index is 0.545. The highest BCUT2D eigenvalue weighted by Gasteiger charge is 2.27. The average molecular weight is 294 g/mol. The Bertz CT molecular complexity index is 666. The van der Waals surface area contributed by atoms with Crippen LogP contribution in [0.2, 0.25) is 0 Å². The molecule has 1 N–H and O–H groups in total. The van der Waals surface area contributed by atoms with E-state index in [9.17, 15) is 0 Å². The van der Waals surface area contributed by atoms with E-state index in [0.29, 0.717) is 6.04 Å². The van der Waals surface area contributed by atoms with Crippen LogP contribution in [0.15, 0.2) is 42.5 Å². The van der Waals surface area contributed by atoms with Gasteiger partial charge in [-0.3, -0.25) is 0 Å². The molecule has 3 nitrogen and oxygen atoms in total.